The molecule has 0 atom stereocenters. The Morgan fingerprint density at radius 3 is 1.67 bits per heavy atom. The fraction of sp³-hybridized carbons (Fsp3) is 0.143. The number of benzene rings is 2. The third-order valence-electron chi connectivity index (χ3n) is 3.11. The first kappa shape index (κ1) is 25.3. The van der Waals surface area contributed by atoms with Crippen molar-refractivity contribution in [2.75, 3.05) is 0 Å². The van der Waals surface area contributed by atoms with Gasteiger partial charge in [0.25, 0.3) is 0 Å². The van der Waals surface area contributed by atoms with E-state index >= 15 is 0 Å². The van der Waals surface area contributed by atoms with E-state index in [0.717, 1.165) is 6.42 Å². The van der Waals surface area contributed by atoms with Crippen molar-refractivity contribution in [3.8, 4) is 0 Å². The van der Waals surface area contributed by atoms with Gasteiger partial charge in [0.15, 0.2) is 0 Å². The predicted molar refractivity (Wildman–Crippen MR) is 109 cm³/mol. The Morgan fingerprint density at radius 2 is 1.33 bits per heavy atom. The Hall–Kier alpha value is -0.916. The standard InChI is InChI=1S/C13H9.C5H5.C3H7.2ClH.Ti/c1-3-7-12-10(5-1)9-11-6-2-4-8-13(11)12;1-2-4-5-3-1;1-3-2;;;/h1-9H;1-3H,4H2;3H,1-2H3;2*1H;/q3*-1;;;+3. The molecule has 3 heteroatoms. The molecule has 4 rings (SSSR count). The molecule has 0 bridgehead atoms. The van der Waals surface area contributed by atoms with E-state index in [2.05, 4.69) is 66.7 Å². The van der Waals surface area contributed by atoms with E-state index in [9.17, 15) is 0 Å². The first-order valence-electron chi connectivity index (χ1n) is 7.35. The molecule has 0 saturated carbocycles. The van der Waals surface area contributed by atoms with Gasteiger partial charge in [-0.1, -0.05) is 36.4 Å². The molecule has 3 aromatic rings. The van der Waals surface area contributed by atoms with Gasteiger partial charge in [-0.2, -0.15) is 19.9 Å². The van der Waals surface area contributed by atoms with Crippen LogP contribution in [0.4, 0.5) is 0 Å². The van der Waals surface area contributed by atoms with Crippen LogP contribution in [0.1, 0.15) is 20.3 Å². The molecule has 0 fully saturated rings. The van der Waals surface area contributed by atoms with Gasteiger partial charge < -0.3 is 6.42 Å². The number of fused-ring (bicyclic) bond motifs is 3. The summed E-state index contributed by atoms with van der Waals surface area (Å²) in [6.07, 6.45) is 12.0. The zero-order chi connectivity index (χ0) is 14.9. The summed E-state index contributed by atoms with van der Waals surface area (Å²) in [5, 5.41) is 5.39. The monoisotopic (exact) mass is 393 g/mol. The summed E-state index contributed by atoms with van der Waals surface area (Å²) in [5.41, 5.74) is 0. The quantitative estimate of drug-likeness (QED) is 0.282. The van der Waals surface area contributed by atoms with Crippen LogP contribution in [0.15, 0.2) is 72.8 Å². The topological polar surface area (TPSA) is 0 Å². The van der Waals surface area contributed by atoms with Crippen molar-refractivity contribution in [2.24, 2.45) is 0 Å². The van der Waals surface area contributed by atoms with E-state index < -0.39 is 0 Å². The van der Waals surface area contributed by atoms with E-state index in [1.807, 2.05) is 32.4 Å². The van der Waals surface area contributed by atoms with Crippen LogP contribution in [-0.4, -0.2) is 0 Å². The van der Waals surface area contributed by atoms with Crippen LogP contribution in [0, 0.1) is 12.5 Å². The average molecular weight is 394 g/mol. The summed E-state index contributed by atoms with van der Waals surface area (Å²) in [6, 6.07) is 19.3. The maximum atomic E-state index is 2.99. The summed E-state index contributed by atoms with van der Waals surface area (Å²) in [7, 11) is 0. The number of allylic oxidation sites excluding steroid dienone is 4. The van der Waals surface area contributed by atoms with Gasteiger partial charge in [-0.3, -0.25) is 6.08 Å². The zero-order valence-corrected chi connectivity index (χ0v) is 17.2. The molecule has 0 N–H and O–H groups in total. The van der Waals surface area contributed by atoms with E-state index in [4.69, 9.17) is 0 Å². The van der Waals surface area contributed by atoms with Crippen LogP contribution in [0.3, 0.4) is 0 Å². The average Bonchev–Trinajstić information content (AvgIpc) is 3.19. The Bertz CT molecular complexity index is 681. The third-order valence-corrected chi connectivity index (χ3v) is 3.11. The van der Waals surface area contributed by atoms with Crippen molar-refractivity contribution < 1.29 is 21.7 Å². The second-order valence-corrected chi connectivity index (χ2v) is 4.90. The molecule has 3 aromatic carbocycles. The molecule has 0 saturated heterocycles. The first-order chi connectivity index (χ1) is 10.4. The second-order valence-electron chi connectivity index (χ2n) is 4.90. The number of hydrogen-bond donors (Lipinski definition) is 0. The second kappa shape index (κ2) is 14.4. The van der Waals surface area contributed by atoms with Crippen molar-refractivity contribution >= 4 is 46.4 Å². The number of halogens is 2. The molecule has 1 aliphatic rings. The Kier molecular flexibility index (Phi) is 15.2. The van der Waals surface area contributed by atoms with Crippen LogP contribution in [0.5, 0.6) is 0 Å². The molecule has 1 radical (unpaired) electrons. The fourth-order valence-electron chi connectivity index (χ4n) is 2.24. The van der Waals surface area contributed by atoms with Gasteiger partial charge in [-0.05, 0) is 0 Å². The van der Waals surface area contributed by atoms with Crippen molar-refractivity contribution in [1.82, 2.24) is 0 Å². The van der Waals surface area contributed by atoms with Gasteiger partial charge in [0.2, 0.25) is 0 Å². The molecule has 0 unspecified atom stereocenters. The van der Waals surface area contributed by atoms with Gasteiger partial charge in [-0.15, -0.1) is 71.0 Å². The molecule has 0 aliphatic heterocycles. The van der Waals surface area contributed by atoms with Crippen molar-refractivity contribution in [3.05, 3.63) is 85.3 Å². The predicted octanol–water partition coefficient (Wildman–Crippen LogP) is 7.09. The minimum Gasteiger partial charge on any atom is -0.335 e. The molecule has 125 valence electrons. The molecule has 0 spiro atoms. The number of hydrogen-bond acceptors (Lipinski definition) is 0. The maximum absolute atomic E-state index is 2.99. The maximum Gasteiger partial charge on any atom is 3.00 e. The zero-order valence-electron chi connectivity index (χ0n) is 14.0. The molecule has 0 nitrogen and oxygen atoms in total. The molecule has 24 heavy (non-hydrogen) atoms. The molecule has 0 aromatic heterocycles. The normalized spacial score (nSPS) is 10.4. The number of rotatable bonds is 0. The van der Waals surface area contributed by atoms with Crippen LogP contribution >= 0.6 is 24.8 Å². The minimum absolute atomic E-state index is 0. The van der Waals surface area contributed by atoms with E-state index in [1.54, 1.807) is 0 Å². The molecular weight excluding hydrogens is 371 g/mol. The molecular formula is C21H23Cl2Ti. The van der Waals surface area contributed by atoms with E-state index in [1.165, 1.54) is 21.5 Å². The van der Waals surface area contributed by atoms with Gasteiger partial charge >= 0.3 is 21.7 Å². The van der Waals surface area contributed by atoms with Crippen LogP contribution in [-0.2, 0) is 21.7 Å². The molecule has 0 heterocycles. The first-order valence-corrected chi connectivity index (χ1v) is 7.35. The van der Waals surface area contributed by atoms with E-state index in [-0.39, 0.29) is 46.5 Å². The molecule has 0 amide bonds. The Balaban J connectivity index is 0. The Morgan fingerprint density at radius 1 is 0.875 bits per heavy atom. The largest absolute Gasteiger partial charge is 3.00 e. The van der Waals surface area contributed by atoms with Gasteiger partial charge in [0.05, 0.1) is 0 Å². The van der Waals surface area contributed by atoms with Crippen molar-refractivity contribution in [1.29, 1.82) is 0 Å². The summed E-state index contributed by atoms with van der Waals surface area (Å²) >= 11 is 0. The van der Waals surface area contributed by atoms with Crippen LogP contribution < -0.4 is 0 Å². The smallest absolute Gasteiger partial charge is 0.335 e. The Labute approximate surface area is 173 Å². The minimum atomic E-state index is 0. The summed E-state index contributed by atoms with van der Waals surface area (Å²) in [4.78, 5) is 0. The van der Waals surface area contributed by atoms with Gasteiger partial charge in [-0.25, -0.2) is 12.2 Å². The molecule has 1 aliphatic carbocycles. The van der Waals surface area contributed by atoms with E-state index in [0.29, 0.717) is 0 Å². The van der Waals surface area contributed by atoms with Gasteiger partial charge in [0.1, 0.15) is 0 Å². The SMILES string of the molecule is C[CH-]C.Cl.Cl.[C-]1=CC=CC1.[Ti+3].c1ccc2c(c1)[cH-]c1ccccc12. The van der Waals surface area contributed by atoms with Crippen LogP contribution in [0.25, 0.3) is 21.5 Å². The summed E-state index contributed by atoms with van der Waals surface area (Å²) in [6.45, 7) is 4.00. The fourth-order valence-corrected chi connectivity index (χ4v) is 2.24. The van der Waals surface area contributed by atoms with Crippen LogP contribution in [0.2, 0.25) is 0 Å². The van der Waals surface area contributed by atoms with Gasteiger partial charge in [0, 0.05) is 0 Å². The van der Waals surface area contributed by atoms with Crippen molar-refractivity contribution in [2.45, 2.75) is 20.3 Å². The summed E-state index contributed by atoms with van der Waals surface area (Å²) < 4.78 is 0. The summed E-state index contributed by atoms with van der Waals surface area (Å²) in [5.74, 6) is 0. The third kappa shape index (κ3) is 7.32. The van der Waals surface area contributed by atoms with Crippen molar-refractivity contribution in [3.63, 3.8) is 0 Å².